The van der Waals surface area contributed by atoms with Crippen LogP contribution in [0.3, 0.4) is 0 Å². The number of nitriles is 1. The third-order valence-electron chi connectivity index (χ3n) is 4.48. The summed E-state index contributed by atoms with van der Waals surface area (Å²) in [5.74, 6) is -0.397. The molecular weight excluding hydrogens is 322 g/mol. The molecule has 0 aromatic heterocycles. The summed E-state index contributed by atoms with van der Waals surface area (Å²) >= 11 is 0. The van der Waals surface area contributed by atoms with Gasteiger partial charge in [0.2, 0.25) is 0 Å². The Morgan fingerprint density at radius 1 is 0.846 bits per heavy atom. The van der Waals surface area contributed by atoms with Crippen molar-refractivity contribution in [1.82, 2.24) is 0 Å². The van der Waals surface area contributed by atoms with Gasteiger partial charge >= 0.3 is 5.97 Å². The van der Waals surface area contributed by atoms with Gasteiger partial charge in [-0.3, -0.25) is 0 Å². The SMILES string of the molecule is N#Cc1ccc(C(=O)OCc2c3ccccc3cc3ccccc23)cc1. The van der Waals surface area contributed by atoms with Gasteiger partial charge in [-0.25, -0.2) is 4.79 Å². The summed E-state index contributed by atoms with van der Waals surface area (Å²) in [5.41, 5.74) is 1.95. The number of benzene rings is 4. The van der Waals surface area contributed by atoms with Gasteiger partial charge in [0.1, 0.15) is 6.61 Å². The minimum Gasteiger partial charge on any atom is -0.457 e. The van der Waals surface area contributed by atoms with Gasteiger partial charge in [-0.15, -0.1) is 0 Å². The fourth-order valence-electron chi connectivity index (χ4n) is 3.17. The average molecular weight is 337 g/mol. The van der Waals surface area contributed by atoms with E-state index in [4.69, 9.17) is 10.00 Å². The summed E-state index contributed by atoms with van der Waals surface area (Å²) < 4.78 is 5.58. The van der Waals surface area contributed by atoms with Crippen molar-refractivity contribution in [3.8, 4) is 6.07 Å². The Bertz CT molecular complexity index is 1100. The molecule has 0 heterocycles. The number of hydrogen-bond acceptors (Lipinski definition) is 3. The van der Waals surface area contributed by atoms with E-state index in [1.807, 2.05) is 42.5 Å². The van der Waals surface area contributed by atoms with Crippen molar-refractivity contribution in [3.05, 3.63) is 95.6 Å². The molecule has 26 heavy (non-hydrogen) atoms. The number of carbonyl (C=O) groups excluding carboxylic acids is 1. The highest BCUT2D eigenvalue weighted by Crippen LogP contribution is 2.29. The average Bonchev–Trinajstić information content (AvgIpc) is 2.71. The summed E-state index contributed by atoms with van der Waals surface area (Å²) in [6.07, 6.45) is 0. The largest absolute Gasteiger partial charge is 0.457 e. The van der Waals surface area contributed by atoms with Crippen LogP contribution in [0, 0.1) is 11.3 Å². The van der Waals surface area contributed by atoms with E-state index in [0.717, 1.165) is 27.1 Å². The topological polar surface area (TPSA) is 50.1 Å². The second kappa shape index (κ2) is 6.70. The van der Waals surface area contributed by atoms with Crippen LogP contribution in [-0.2, 0) is 11.3 Å². The lowest BCUT2D eigenvalue weighted by molar-refractivity contribution is 0.0476. The lowest BCUT2D eigenvalue weighted by Crippen LogP contribution is -2.06. The standard InChI is InChI=1S/C23H15NO2/c24-14-16-9-11-17(12-10-16)23(25)26-15-22-20-7-3-1-5-18(20)13-19-6-2-4-8-21(19)22/h1-13H,15H2. The van der Waals surface area contributed by atoms with Crippen LogP contribution in [0.4, 0.5) is 0 Å². The minimum absolute atomic E-state index is 0.195. The van der Waals surface area contributed by atoms with Crippen LogP contribution in [0.25, 0.3) is 21.5 Å². The maximum Gasteiger partial charge on any atom is 0.338 e. The van der Waals surface area contributed by atoms with E-state index in [-0.39, 0.29) is 6.61 Å². The molecule has 0 bridgehead atoms. The molecule has 0 aliphatic carbocycles. The van der Waals surface area contributed by atoms with Crippen molar-refractivity contribution in [2.45, 2.75) is 6.61 Å². The molecule has 3 nitrogen and oxygen atoms in total. The Labute approximate surface area is 151 Å². The zero-order chi connectivity index (χ0) is 17.9. The van der Waals surface area contributed by atoms with Crippen molar-refractivity contribution in [1.29, 1.82) is 5.26 Å². The van der Waals surface area contributed by atoms with E-state index in [1.54, 1.807) is 24.3 Å². The van der Waals surface area contributed by atoms with E-state index in [1.165, 1.54) is 0 Å². The van der Waals surface area contributed by atoms with Crippen LogP contribution < -0.4 is 0 Å². The molecule has 124 valence electrons. The molecule has 0 N–H and O–H groups in total. The minimum atomic E-state index is -0.397. The number of fused-ring (bicyclic) bond motifs is 2. The first kappa shape index (κ1) is 15.9. The van der Waals surface area contributed by atoms with Gasteiger partial charge in [-0.2, -0.15) is 5.26 Å². The second-order valence-corrected chi connectivity index (χ2v) is 6.06. The maximum atomic E-state index is 12.4. The number of ether oxygens (including phenoxy) is 1. The highest BCUT2D eigenvalue weighted by Gasteiger charge is 2.12. The molecule has 3 heteroatoms. The molecule has 0 spiro atoms. The molecule has 0 radical (unpaired) electrons. The monoisotopic (exact) mass is 337 g/mol. The van der Waals surface area contributed by atoms with E-state index >= 15 is 0 Å². The zero-order valence-corrected chi connectivity index (χ0v) is 14.0. The first-order valence-electron chi connectivity index (χ1n) is 8.33. The van der Waals surface area contributed by atoms with E-state index in [2.05, 4.69) is 18.2 Å². The smallest absolute Gasteiger partial charge is 0.338 e. The van der Waals surface area contributed by atoms with Crippen molar-refractivity contribution in [2.75, 3.05) is 0 Å². The third-order valence-corrected chi connectivity index (χ3v) is 4.48. The molecule has 0 aliphatic rings. The van der Waals surface area contributed by atoms with Crippen LogP contribution in [0.5, 0.6) is 0 Å². The van der Waals surface area contributed by atoms with Gasteiger partial charge in [0.05, 0.1) is 17.2 Å². The maximum absolute atomic E-state index is 12.4. The lowest BCUT2D eigenvalue weighted by atomic mass is 9.97. The number of rotatable bonds is 3. The molecule has 4 aromatic carbocycles. The quantitative estimate of drug-likeness (QED) is 0.380. The number of esters is 1. The van der Waals surface area contributed by atoms with Gasteiger partial charge in [0.25, 0.3) is 0 Å². The fraction of sp³-hybridized carbons (Fsp3) is 0.0435. The normalized spacial score (nSPS) is 10.6. The molecule has 0 saturated carbocycles. The van der Waals surface area contributed by atoms with Gasteiger partial charge in [-0.1, -0.05) is 48.5 Å². The number of hydrogen-bond donors (Lipinski definition) is 0. The van der Waals surface area contributed by atoms with Crippen molar-refractivity contribution >= 4 is 27.5 Å². The Kier molecular flexibility index (Phi) is 4.09. The Morgan fingerprint density at radius 3 is 2.00 bits per heavy atom. The Balaban J connectivity index is 1.69. The van der Waals surface area contributed by atoms with Crippen LogP contribution >= 0.6 is 0 Å². The summed E-state index contributed by atoms with van der Waals surface area (Å²) in [5, 5.41) is 13.3. The van der Waals surface area contributed by atoms with Gasteiger partial charge < -0.3 is 4.74 Å². The molecule has 0 unspecified atom stereocenters. The molecule has 0 saturated heterocycles. The lowest BCUT2D eigenvalue weighted by Gasteiger charge is -2.12. The summed E-state index contributed by atoms with van der Waals surface area (Å²) in [6.45, 7) is 0.195. The van der Waals surface area contributed by atoms with Crippen molar-refractivity contribution < 1.29 is 9.53 Å². The van der Waals surface area contributed by atoms with E-state index in [0.29, 0.717) is 11.1 Å². The summed E-state index contributed by atoms with van der Waals surface area (Å²) in [6, 6.07) is 26.9. The Morgan fingerprint density at radius 2 is 1.42 bits per heavy atom. The van der Waals surface area contributed by atoms with Crippen LogP contribution in [-0.4, -0.2) is 5.97 Å². The van der Waals surface area contributed by atoms with Crippen molar-refractivity contribution in [2.24, 2.45) is 0 Å². The molecular formula is C23H15NO2. The summed E-state index contributed by atoms with van der Waals surface area (Å²) in [4.78, 5) is 12.4. The molecule has 4 aromatic rings. The van der Waals surface area contributed by atoms with Crippen LogP contribution in [0.2, 0.25) is 0 Å². The second-order valence-electron chi connectivity index (χ2n) is 6.06. The number of carbonyl (C=O) groups is 1. The summed E-state index contributed by atoms with van der Waals surface area (Å²) in [7, 11) is 0. The van der Waals surface area contributed by atoms with E-state index < -0.39 is 5.97 Å². The first-order chi connectivity index (χ1) is 12.8. The van der Waals surface area contributed by atoms with Crippen LogP contribution in [0.1, 0.15) is 21.5 Å². The van der Waals surface area contributed by atoms with Gasteiger partial charge in [-0.05, 0) is 51.9 Å². The van der Waals surface area contributed by atoms with Gasteiger partial charge in [0, 0.05) is 5.56 Å². The molecule has 4 rings (SSSR count). The zero-order valence-electron chi connectivity index (χ0n) is 14.0. The molecule has 0 aliphatic heterocycles. The molecule has 0 atom stereocenters. The van der Waals surface area contributed by atoms with Crippen molar-refractivity contribution in [3.63, 3.8) is 0 Å². The predicted molar refractivity (Wildman–Crippen MR) is 102 cm³/mol. The number of nitrogens with zero attached hydrogens (tertiary/aromatic N) is 1. The highest BCUT2D eigenvalue weighted by atomic mass is 16.5. The highest BCUT2D eigenvalue weighted by molar-refractivity contribution is 6.02. The van der Waals surface area contributed by atoms with Crippen LogP contribution in [0.15, 0.2) is 78.9 Å². The van der Waals surface area contributed by atoms with Gasteiger partial charge in [0.15, 0.2) is 0 Å². The molecule has 0 amide bonds. The predicted octanol–water partition coefficient (Wildman–Crippen LogP) is 5.22. The third kappa shape index (κ3) is 2.89. The first-order valence-corrected chi connectivity index (χ1v) is 8.33. The Hall–Kier alpha value is -3.64. The molecule has 0 fully saturated rings. The van der Waals surface area contributed by atoms with E-state index in [9.17, 15) is 4.79 Å². The fourth-order valence-corrected chi connectivity index (χ4v) is 3.17.